The highest BCUT2D eigenvalue weighted by Gasteiger charge is 2.11. The summed E-state index contributed by atoms with van der Waals surface area (Å²) in [6.45, 7) is 2.00. The van der Waals surface area contributed by atoms with E-state index in [9.17, 15) is 14.5 Å². The van der Waals surface area contributed by atoms with Crippen molar-refractivity contribution in [1.82, 2.24) is 0 Å². The van der Waals surface area contributed by atoms with Gasteiger partial charge in [-0.3, -0.25) is 10.1 Å². The smallest absolute Gasteiger partial charge is 0.272 e. The van der Waals surface area contributed by atoms with Crippen LogP contribution in [0.5, 0.6) is 0 Å². The van der Waals surface area contributed by atoms with Gasteiger partial charge in [0.1, 0.15) is 5.82 Å². The van der Waals surface area contributed by atoms with Crippen molar-refractivity contribution in [3.05, 3.63) is 68.5 Å². The number of nitrogens with zero attached hydrogens (tertiary/aromatic N) is 1. The van der Waals surface area contributed by atoms with Crippen LogP contribution in [-0.4, -0.2) is 4.92 Å². The summed E-state index contributed by atoms with van der Waals surface area (Å²) in [6, 6.07) is 8.96. The number of rotatable bonds is 4. The predicted octanol–water partition coefficient (Wildman–Crippen LogP) is 4.31. The fraction of sp³-hybridized carbons (Fsp3) is 0.143. The Morgan fingerprint density at radius 2 is 2.05 bits per heavy atom. The van der Waals surface area contributed by atoms with Gasteiger partial charge in [0.25, 0.3) is 5.69 Å². The largest absolute Gasteiger partial charge is 0.380 e. The van der Waals surface area contributed by atoms with Crippen molar-refractivity contribution in [3.63, 3.8) is 0 Å². The summed E-state index contributed by atoms with van der Waals surface area (Å²) in [5.41, 5.74) is 1.84. The molecule has 0 aromatic heterocycles. The van der Waals surface area contributed by atoms with E-state index in [1.165, 1.54) is 24.3 Å². The Balaban J connectivity index is 2.17. The first-order valence-electron chi connectivity index (χ1n) is 5.90. The number of nitrogens with one attached hydrogen (secondary N) is 1. The molecule has 0 fully saturated rings. The van der Waals surface area contributed by atoms with Gasteiger partial charge < -0.3 is 5.32 Å². The average molecular weight is 295 g/mol. The van der Waals surface area contributed by atoms with Crippen molar-refractivity contribution in [2.24, 2.45) is 0 Å². The number of aryl methyl sites for hydroxylation is 1. The van der Waals surface area contributed by atoms with Crippen LogP contribution in [0.15, 0.2) is 36.4 Å². The van der Waals surface area contributed by atoms with E-state index in [-0.39, 0.29) is 5.69 Å². The lowest BCUT2D eigenvalue weighted by Crippen LogP contribution is -2.02. The summed E-state index contributed by atoms with van der Waals surface area (Å²) in [5, 5.41) is 14.2. The molecule has 0 bridgehead atoms. The van der Waals surface area contributed by atoms with E-state index >= 15 is 0 Å². The summed E-state index contributed by atoms with van der Waals surface area (Å²) < 4.78 is 13.1. The average Bonchev–Trinajstić information content (AvgIpc) is 2.41. The number of hydrogen-bond donors (Lipinski definition) is 1. The molecule has 1 N–H and O–H groups in total. The highest BCUT2D eigenvalue weighted by Crippen LogP contribution is 2.24. The van der Waals surface area contributed by atoms with E-state index in [1.54, 1.807) is 19.1 Å². The van der Waals surface area contributed by atoms with Gasteiger partial charge in [-0.1, -0.05) is 23.7 Å². The Bertz CT molecular complexity index is 662. The Morgan fingerprint density at radius 3 is 2.75 bits per heavy atom. The normalized spacial score (nSPS) is 10.3. The highest BCUT2D eigenvalue weighted by atomic mass is 35.5. The Hall–Kier alpha value is -2.14. The summed E-state index contributed by atoms with van der Waals surface area (Å²) in [6.07, 6.45) is 0. The predicted molar refractivity (Wildman–Crippen MR) is 76.6 cm³/mol. The van der Waals surface area contributed by atoms with Gasteiger partial charge in [0.2, 0.25) is 0 Å². The summed E-state index contributed by atoms with van der Waals surface area (Å²) >= 11 is 5.93. The molecule has 0 radical (unpaired) electrons. The molecule has 0 atom stereocenters. The molecule has 4 nitrogen and oxygen atoms in total. The minimum atomic E-state index is -0.423. The Kier molecular flexibility index (Phi) is 4.20. The number of halogens is 2. The molecule has 0 aliphatic carbocycles. The zero-order valence-electron chi connectivity index (χ0n) is 10.7. The standard InChI is InChI=1S/C14H12ClFN2O2/c1-9-2-3-10(6-14(9)18(19)20)8-17-13-7-11(16)4-5-12(13)15/h2-7,17H,8H2,1H3. The fourth-order valence-corrected chi connectivity index (χ4v) is 1.98. The van der Waals surface area contributed by atoms with E-state index in [1.807, 2.05) is 0 Å². The molecule has 0 aliphatic rings. The van der Waals surface area contributed by atoms with Crippen LogP contribution in [0, 0.1) is 22.9 Å². The maximum atomic E-state index is 13.1. The third kappa shape index (κ3) is 3.24. The van der Waals surface area contributed by atoms with E-state index in [0.29, 0.717) is 22.8 Å². The molecule has 0 saturated heterocycles. The van der Waals surface area contributed by atoms with Gasteiger partial charge in [-0.25, -0.2) is 4.39 Å². The van der Waals surface area contributed by atoms with Crippen molar-refractivity contribution in [1.29, 1.82) is 0 Å². The first kappa shape index (κ1) is 14.3. The van der Waals surface area contributed by atoms with Gasteiger partial charge in [-0.05, 0) is 30.7 Å². The van der Waals surface area contributed by atoms with Gasteiger partial charge in [-0.2, -0.15) is 0 Å². The number of anilines is 1. The summed E-state index contributed by atoms with van der Waals surface area (Å²) in [4.78, 5) is 10.4. The van der Waals surface area contributed by atoms with Gasteiger partial charge in [0.15, 0.2) is 0 Å². The quantitative estimate of drug-likeness (QED) is 0.675. The maximum absolute atomic E-state index is 13.1. The monoisotopic (exact) mass is 294 g/mol. The lowest BCUT2D eigenvalue weighted by Gasteiger charge is -2.09. The van der Waals surface area contributed by atoms with Crippen molar-refractivity contribution in [3.8, 4) is 0 Å². The van der Waals surface area contributed by atoms with Gasteiger partial charge >= 0.3 is 0 Å². The molecule has 2 aromatic carbocycles. The fourth-order valence-electron chi connectivity index (χ4n) is 1.79. The zero-order valence-corrected chi connectivity index (χ0v) is 11.4. The van der Waals surface area contributed by atoms with Crippen LogP contribution in [0.2, 0.25) is 5.02 Å². The van der Waals surface area contributed by atoms with Crippen molar-refractivity contribution in [2.45, 2.75) is 13.5 Å². The van der Waals surface area contributed by atoms with Crippen LogP contribution in [-0.2, 0) is 6.54 Å². The van der Waals surface area contributed by atoms with E-state index < -0.39 is 10.7 Å². The third-order valence-corrected chi connectivity index (χ3v) is 3.21. The summed E-state index contributed by atoms with van der Waals surface area (Å²) in [7, 11) is 0. The molecule has 0 amide bonds. The maximum Gasteiger partial charge on any atom is 0.272 e. The van der Waals surface area contributed by atoms with Gasteiger partial charge in [0.05, 0.1) is 15.6 Å². The molecule has 0 saturated carbocycles. The lowest BCUT2D eigenvalue weighted by molar-refractivity contribution is -0.385. The van der Waals surface area contributed by atoms with Crippen LogP contribution in [0.3, 0.4) is 0 Å². The lowest BCUT2D eigenvalue weighted by atomic mass is 10.1. The molecule has 0 heterocycles. The van der Waals surface area contributed by atoms with Crippen LogP contribution < -0.4 is 5.32 Å². The number of nitro benzene ring substituents is 1. The molecule has 2 rings (SSSR count). The van der Waals surface area contributed by atoms with Crippen LogP contribution in [0.4, 0.5) is 15.8 Å². The first-order valence-corrected chi connectivity index (χ1v) is 6.28. The van der Waals surface area contributed by atoms with Crippen LogP contribution >= 0.6 is 11.6 Å². The molecule has 20 heavy (non-hydrogen) atoms. The molecular formula is C14H12ClFN2O2. The third-order valence-electron chi connectivity index (χ3n) is 2.88. The number of benzene rings is 2. The highest BCUT2D eigenvalue weighted by molar-refractivity contribution is 6.33. The van der Waals surface area contributed by atoms with Crippen molar-refractivity contribution >= 4 is 23.0 Å². The van der Waals surface area contributed by atoms with Gasteiger partial charge in [-0.15, -0.1) is 0 Å². The molecular weight excluding hydrogens is 283 g/mol. The molecule has 0 aliphatic heterocycles. The molecule has 0 spiro atoms. The molecule has 0 unspecified atom stereocenters. The van der Waals surface area contributed by atoms with E-state index in [4.69, 9.17) is 11.6 Å². The second kappa shape index (κ2) is 5.88. The number of hydrogen-bond acceptors (Lipinski definition) is 3. The van der Waals surface area contributed by atoms with Crippen molar-refractivity contribution < 1.29 is 9.31 Å². The van der Waals surface area contributed by atoms with Crippen LogP contribution in [0.25, 0.3) is 0 Å². The SMILES string of the molecule is Cc1ccc(CNc2cc(F)ccc2Cl)cc1[N+](=O)[O-]. The second-order valence-electron chi connectivity index (χ2n) is 4.36. The Labute approximate surface area is 120 Å². The first-order chi connectivity index (χ1) is 9.47. The van der Waals surface area contributed by atoms with E-state index in [0.717, 1.165) is 5.56 Å². The van der Waals surface area contributed by atoms with Gasteiger partial charge in [0, 0.05) is 18.2 Å². The topological polar surface area (TPSA) is 55.2 Å². The molecule has 2 aromatic rings. The summed E-state index contributed by atoms with van der Waals surface area (Å²) in [5.74, 6) is -0.396. The molecule has 104 valence electrons. The zero-order chi connectivity index (χ0) is 14.7. The van der Waals surface area contributed by atoms with E-state index in [2.05, 4.69) is 5.32 Å². The molecule has 6 heteroatoms. The second-order valence-corrected chi connectivity index (χ2v) is 4.76. The van der Waals surface area contributed by atoms with Crippen molar-refractivity contribution in [2.75, 3.05) is 5.32 Å². The van der Waals surface area contributed by atoms with Crippen LogP contribution in [0.1, 0.15) is 11.1 Å². The Morgan fingerprint density at radius 1 is 1.30 bits per heavy atom. The minimum absolute atomic E-state index is 0.0645. The number of nitro groups is 1. The minimum Gasteiger partial charge on any atom is -0.380 e.